The number of aromatic nitrogens is 2. The van der Waals surface area contributed by atoms with E-state index in [9.17, 15) is 4.79 Å². The second kappa shape index (κ2) is 5.30. The molecule has 0 saturated heterocycles. The van der Waals surface area contributed by atoms with Crippen LogP contribution in [0.15, 0.2) is 56.5 Å². The van der Waals surface area contributed by atoms with Gasteiger partial charge < -0.3 is 14.2 Å². The first-order valence-corrected chi connectivity index (χ1v) is 6.43. The Labute approximate surface area is 121 Å². The zero-order valence-electron chi connectivity index (χ0n) is 10.0. The third-order valence-corrected chi connectivity index (χ3v) is 2.97. The molecule has 2 heterocycles. The standard InChI is InChI=1S/C13H8BrN3O3/c14-11-5-9(6-19-11)12(18)16-10-3-1-2-8(4-10)13-17-15-7-20-13/h1-7H,(H,16,18). The van der Waals surface area contributed by atoms with E-state index in [1.165, 1.54) is 12.7 Å². The summed E-state index contributed by atoms with van der Waals surface area (Å²) in [7, 11) is 0. The second-order valence-electron chi connectivity index (χ2n) is 3.92. The number of furan rings is 1. The van der Waals surface area contributed by atoms with Crippen molar-refractivity contribution in [1.29, 1.82) is 0 Å². The van der Waals surface area contributed by atoms with Gasteiger partial charge in [-0.15, -0.1) is 10.2 Å². The molecule has 3 rings (SSSR count). The first kappa shape index (κ1) is 12.6. The van der Waals surface area contributed by atoms with Crippen molar-refractivity contribution < 1.29 is 13.6 Å². The number of nitrogens with zero attached hydrogens (tertiary/aromatic N) is 2. The van der Waals surface area contributed by atoms with Crippen LogP contribution >= 0.6 is 15.9 Å². The van der Waals surface area contributed by atoms with Gasteiger partial charge in [-0.3, -0.25) is 4.79 Å². The van der Waals surface area contributed by atoms with Crippen molar-refractivity contribution in [1.82, 2.24) is 10.2 Å². The molecule has 0 unspecified atom stereocenters. The number of benzene rings is 1. The molecule has 7 heteroatoms. The fourth-order valence-corrected chi connectivity index (χ4v) is 2.00. The number of carbonyl (C=O) groups excluding carboxylic acids is 1. The molecule has 1 aromatic carbocycles. The van der Waals surface area contributed by atoms with Gasteiger partial charge in [-0.1, -0.05) is 6.07 Å². The minimum atomic E-state index is -0.262. The first-order chi connectivity index (χ1) is 9.72. The molecular weight excluding hydrogens is 326 g/mol. The molecule has 0 aliphatic heterocycles. The number of hydrogen-bond donors (Lipinski definition) is 1. The van der Waals surface area contributed by atoms with E-state index in [2.05, 4.69) is 31.4 Å². The Bertz CT molecular complexity index is 737. The first-order valence-electron chi connectivity index (χ1n) is 5.64. The molecule has 6 nitrogen and oxygen atoms in total. The predicted octanol–water partition coefficient (Wildman–Crippen LogP) is 3.34. The molecule has 100 valence electrons. The lowest BCUT2D eigenvalue weighted by atomic mass is 10.2. The normalized spacial score (nSPS) is 10.4. The molecule has 0 aliphatic rings. The lowest BCUT2D eigenvalue weighted by Gasteiger charge is -2.04. The zero-order valence-corrected chi connectivity index (χ0v) is 11.6. The van der Waals surface area contributed by atoms with Gasteiger partial charge >= 0.3 is 0 Å². The van der Waals surface area contributed by atoms with Crippen LogP contribution in [0.5, 0.6) is 0 Å². The fraction of sp³-hybridized carbons (Fsp3) is 0. The maximum Gasteiger partial charge on any atom is 0.258 e. The predicted molar refractivity (Wildman–Crippen MR) is 74.1 cm³/mol. The van der Waals surface area contributed by atoms with E-state index in [1.807, 2.05) is 6.07 Å². The molecule has 1 amide bonds. The van der Waals surface area contributed by atoms with Gasteiger partial charge in [-0.25, -0.2) is 0 Å². The third-order valence-electron chi connectivity index (χ3n) is 2.56. The maximum atomic E-state index is 12.0. The van der Waals surface area contributed by atoms with E-state index >= 15 is 0 Å². The molecule has 0 spiro atoms. The Hall–Kier alpha value is -2.41. The van der Waals surface area contributed by atoms with Gasteiger partial charge in [0.25, 0.3) is 5.91 Å². The van der Waals surface area contributed by atoms with Crippen LogP contribution in [-0.2, 0) is 0 Å². The van der Waals surface area contributed by atoms with Crippen LogP contribution in [0.25, 0.3) is 11.5 Å². The lowest BCUT2D eigenvalue weighted by molar-refractivity contribution is 0.102. The summed E-state index contributed by atoms with van der Waals surface area (Å²) in [4.78, 5) is 12.0. The summed E-state index contributed by atoms with van der Waals surface area (Å²) >= 11 is 3.15. The van der Waals surface area contributed by atoms with Gasteiger partial charge in [-0.2, -0.15) is 0 Å². The van der Waals surface area contributed by atoms with Crippen LogP contribution in [0, 0.1) is 0 Å². The van der Waals surface area contributed by atoms with Crippen molar-refractivity contribution >= 4 is 27.5 Å². The van der Waals surface area contributed by atoms with Gasteiger partial charge in [0.2, 0.25) is 12.3 Å². The number of rotatable bonds is 3. The third kappa shape index (κ3) is 2.62. The molecule has 0 fully saturated rings. The Morgan fingerprint density at radius 3 is 2.85 bits per heavy atom. The summed E-state index contributed by atoms with van der Waals surface area (Å²) in [5.41, 5.74) is 1.79. The topological polar surface area (TPSA) is 81.2 Å². The van der Waals surface area contributed by atoms with Gasteiger partial charge in [0.15, 0.2) is 4.67 Å². The van der Waals surface area contributed by atoms with Gasteiger partial charge in [-0.05, 0) is 34.1 Å². The Morgan fingerprint density at radius 2 is 2.15 bits per heavy atom. The van der Waals surface area contributed by atoms with E-state index in [1.54, 1.807) is 24.3 Å². The van der Waals surface area contributed by atoms with E-state index in [-0.39, 0.29) is 5.91 Å². The summed E-state index contributed by atoms with van der Waals surface area (Å²) in [6, 6.07) is 8.72. The Morgan fingerprint density at radius 1 is 1.25 bits per heavy atom. The number of carbonyl (C=O) groups is 1. The molecule has 0 bridgehead atoms. The summed E-state index contributed by atoms with van der Waals surface area (Å²) in [6.45, 7) is 0. The fourth-order valence-electron chi connectivity index (χ4n) is 1.66. The highest BCUT2D eigenvalue weighted by molar-refractivity contribution is 9.10. The summed E-state index contributed by atoms with van der Waals surface area (Å²) < 4.78 is 10.6. The van der Waals surface area contributed by atoms with Crippen LogP contribution in [-0.4, -0.2) is 16.1 Å². The monoisotopic (exact) mass is 333 g/mol. The van der Waals surface area contributed by atoms with E-state index in [0.29, 0.717) is 21.8 Å². The maximum absolute atomic E-state index is 12.0. The van der Waals surface area contributed by atoms with E-state index < -0.39 is 0 Å². The van der Waals surface area contributed by atoms with Gasteiger partial charge in [0.1, 0.15) is 6.26 Å². The van der Waals surface area contributed by atoms with E-state index in [4.69, 9.17) is 8.83 Å². The second-order valence-corrected chi connectivity index (χ2v) is 4.70. The number of amides is 1. The van der Waals surface area contributed by atoms with Crippen molar-refractivity contribution in [2.75, 3.05) is 5.32 Å². The van der Waals surface area contributed by atoms with Crippen LogP contribution < -0.4 is 5.32 Å². The Kier molecular flexibility index (Phi) is 3.34. The summed E-state index contributed by atoms with van der Waals surface area (Å²) in [6.07, 6.45) is 2.63. The average Bonchev–Trinajstić information content (AvgIpc) is 3.10. The molecule has 0 radical (unpaired) electrons. The summed E-state index contributed by atoms with van der Waals surface area (Å²) in [5.74, 6) is 0.134. The van der Waals surface area contributed by atoms with Gasteiger partial charge in [0, 0.05) is 17.3 Å². The van der Waals surface area contributed by atoms with E-state index in [0.717, 1.165) is 5.56 Å². The van der Waals surface area contributed by atoms with Gasteiger partial charge in [0.05, 0.1) is 5.56 Å². The molecule has 0 atom stereocenters. The van der Waals surface area contributed by atoms with Crippen LogP contribution in [0.4, 0.5) is 5.69 Å². The number of nitrogens with one attached hydrogen (secondary N) is 1. The highest BCUT2D eigenvalue weighted by atomic mass is 79.9. The lowest BCUT2D eigenvalue weighted by Crippen LogP contribution is -2.10. The highest BCUT2D eigenvalue weighted by Crippen LogP contribution is 2.21. The number of halogens is 1. The minimum absolute atomic E-state index is 0.262. The smallest absolute Gasteiger partial charge is 0.258 e. The number of hydrogen-bond acceptors (Lipinski definition) is 5. The van der Waals surface area contributed by atoms with Crippen LogP contribution in [0.2, 0.25) is 0 Å². The molecule has 3 aromatic rings. The van der Waals surface area contributed by atoms with Crippen molar-refractivity contribution in [3.8, 4) is 11.5 Å². The molecular formula is C13H8BrN3O3. The Balaban J connectivity index is 1.81. The average molecular weight is 334 g/mol. The van der Waals surface area contributed by atoms with Crippen LogP contribution in [0.3, 0.4) is 0 Å². The summed E-state index contributed by atoms with van der Waals surface area (Å²) in [5, 5.41) is 10.2. The molecule has 0 aliphatic carbocycles. The van der Waals surface area contributed by atoms with Crippen molar-refractivity contribution in [3.63, 3.8) is 0 Å². The zero-order chi connectivity index (χ0) is 13.9. The van der Waals surface area contributed by atoms with Crippen molar-refractivity contribution in [2.24, 2.45) is 0 Å². The molecule has 20 heavy (non-hydrogen) atoms. The SMILES string of the molecule is O=C(Nc1cccc(-c2nnco2)c1)c1coc(Br)c1. The van der Waals surface area contributed by atoms with Crippen LogP contribution in [0.1, 0.15) is 10.4 Å². The molecule has 0 saturated carbocycles. The number of anilines is 1. The molecule has 2 aromatic heterocycles. The largest absolute Gasteiger partial charge is 0.457 e. The highest BCUT2D eigenvalue weighted by Gasteiger charge is 2.10. The minimum Gasteiger partial charge on any atom is -0.457 e. The molecule has 1 N–H and O–H groups in total. The van der Waals surface area contributed by atoms with Crippen molar-refractivity contribution in [2.45, 2.75) is 0 Å². The quantitative estimate of drug-likeness (QED) is 0.794. The van der Waals surface area contributed by atoms with Crippen molar-refractivity contribution in [3.05, 3.63) is 53.2 Å².